The lowest BCUT2D eigenvalue weighted by atomic mass is 10.1. The minimum Gasteiger partial charge on any atom is -0.465 e. The van der Waals surface area contributed by atoms with Gasteiger partial charge < -0.3 is 10.1 Å². The normalized spacial score (nSPS) is 16.9. The van der Waals surface area contributed by atoms with Gasteiger partial charge in [-0.3, -0.25) is 0 Å². The third-order valence-corrected chi connectivity index (χ3v) is 5.66. The Morgan fingerprint density at radius 1 is 1.33 bits per heavy atom. The van der Waals surface area contributed by atoms with E-state index < -0.39 is 16.0 Å². The van der Waals surface area contributed by atoms with Gasteiger partial charge in [0, 0.05) is 13.1 Å². The van der Waals surface area contributed by atoms with Crippen LogP contribution in [0, 0.1) is 0 Å². The molecule has 7 heteroatoms. The number of sulfonamides is 1. The molecule has 0 aromatic heterocycles. The van der Waals surface area contributed by atoms with Gasteiger partial charge in [-0.1, -0.05) is 6.07 Å². The fraction of sp³-hybridized carbons (Fsp3) is 0.500. The number of nitrogens with one attached hydrogen (secondary N) is 1. The highest BCUT2D eigenvalue weighted by Gasteiger charge is 2.29. The van der Waals surface area contributed by atoms with E-state index in [1.807, 2.05) is 0 Å². The summed E-state index contributed by atoms with van der Waals surface area (Å²) < 4.78 is 31.3. The van der Waals surface area contributed by atoms with E-state index in [0.717, 1.165) is 25.9 Å². The second-order valence-electron chi connectivity index (χ2n) is 5.02. The maximum absolute atomic E-state index is 12.6. The maximum Gasteiger partial charge on any atom is 0.337 e. The molecule has 1 aromatic rings. The van der Waals surface area contributed by atoms with Crippen LogP contribution in [0.5, 0.6) is 0 Å². The average molecular weight is 312 g/mol. The zero-order valence-corrected chi connectivity index (χ0v) is 13.0. The molecule has 21 heavy (non-hydrogen) atoms. The average Bonchev–Trinajstić information content (AvgIpc) is 2.54. The summed E-state index contributed by atoms with van der Waals surface area (Å²) in [6.07, 6.45) is 1.57. The maximum atomic E-state index is 12.6. The number of methoxy groups -OCH3 is 1. The molecule has 0 atom stereocenters. The van der Waals surface area contributed by atoms with Crippen molar-refractivity contribution in [1.29, 1.82) is 0 Å². The first-order valence-electron chi connectivity index (χ1n) is 6.84. The van der Waals surface area contributed by atoms with Crippen LogP contribution in [0.2, 0.25) is 0 Å². The molecule has 1 aliphatic rings. The van der Waals surface area contributed by atoms with E-state index in [1.165, 1.54) is 29.6 Å². The summed E-state index contributed by atoms with van der Waals surface area (Å²) in [5.41, 5.74) is 0.234. The van der Waals surface area contributed by atoms with Gasteiger partial charge in [-0.2, -0.15) is 4.31 Å². The van der Waals surface area contributed by atoms with Crippen LogP contribution in [-0.4, -0.2) is 52.0 Å². The molecule has 116 valence electrons. The Hall–Kier alpha value is -1.44. The molecule has 1 N–H and O–H groups in total. The summed E-state index contributed by atoms with van der Waals surface area (Å²) in [6.45, 7) is 1.62. The van der Waals surface area contributed by atoms with Crippen LogP contribution < -0.4 is 5.32 Å². The highest BCUT2D eigenvalue weighted by atomic mass is 32.2. The Morgan fingerprint density at radius 2 is 2.00 bits per heavy atom. The lowest BCUT2D eigenvalue weighted by Crippen LogP contribution is -2.43. The van der Waals surface area contributed by atoms with Gasteiger partial charge in [-0.05, 0) is 44.1 Å². The summed E-state index contributed by atoms with van der Waals surface area (Å²) in [5.74, 6) is -0.545. The number of carbonyl (C=O) groups is 1. The lowest BCUT2D eigenvalue weighted by molar-refractivity contribution is 0.0600. The van der Waals surface area contributed by atoms with Crippen molar-refractivity contribution < 1.29 is 17.9 Å². The topological polar surface area (TPSA) is 75.7 Å². The van der Waals surface area contributed by atoms with Crippen LogP contribution in [0.15, 0.2) is 29.2 Å². The van der Waals surface area contributed by atoms with Crippen molar-refractivity contribution in [3.8, 4) is 0 Å². The van der Waals surface area contributed by atoms with E-state index in [4.69, 9.17) is 0 Å². The Labute approximate surface area is 125 Å². The number of esters is 1. The van der Waals surface area contributed by atoms with Gasteiger partial charge >= 0.3 is 5.97 Å². The first kappa shape index (κ1) is 15.9. The number of ether oxygens (including phenoxy) is 1. The number of carbonyl (C=O) groups excluding carboxylic acids is 1. The highest BCUT2D eigenvalue weighted by molar-refractivity contribution is 7.89. The molecule has 1 aromatic carbocycles. The molecule has 1 saturated heterocycles. The van der Waals surface area contributed by atoms with Crippen molar-refractivity contribution >= 4 is 16.0 Å². The van der Waals surface area contributed by atoms with Crippen molar-refractivity contribution in [2.45, 2.75) is 23.8 Å². The molecule has 0 unspecified atom stereocenters. The van der Waals surface area contributed by atoms with Gasteiger partial charge in [-0.15, -0.1) is 0 Å². The molecule has 0 spiro atoms. The van der Waals surface area contributed by atoms with Crippen LogP contribution in [0.25, 0.3) is 0 Å². The quantitative estimate of drug-likeness (QED) is 0.834. The van der Waals surface area contributed by atoms with Crippen molar-refractivity contribution in [2.24, 2.45) is 0 Å². The second-order valence-corrected chi connectivity index (χ2v) is 7.02. The third-order valence-electron chi connectivity index (χ3n) is 3.76. The molecule has 0 amide bonds. The van der Waals surface area contributed by atoms with Gasteiger partial charge in [0.15, 0.2) is 0 Å². The molecule has 0 bridgehead atoms. The standard InChI is InChI=1S/C14H20N2O4S/c1-16(12-6-8-15-9-7-12)21(18,19)13-5-3-4-11(10-13)14(17)20-2/h3-5,10,12,15H,6-9H2,1-2H3. The molecule has 0 saturated carbocycles. The predicted octanol–water partition coefficient (Wildman–Crippen LogP) is 0.846. The summed E-state index contributed by atoms with van der Waals surface area (Å²) in [4.78, 5) is 11.6. The number of hydrogen-bond acceptors (Lipinski definition) is 5. The van der Waals surface area contributed by atoms with E-state index in [1.54, 1.807) is 13.1 Å². The van der Waals surface area contributed by atoms with Crippen LogP contribution in [0.4, 0.5) is 0 Å². The number of nitrogens with zero attached hydrogens (tertiary/aromatic N) is 1. The van der Waals surface area contributed by atoms with Crippen LogP contribution in [0.1, 0.15) is 23.2 Å². The van der Waals surface area contributed by atoms with Crippen LogP contribution in [0.3, 0.4) is 0 Å². The van der Waals surface area contributed by atoms with Gasteiger partial charge in [0.1, 0.15) is 0 Å². The van der Waals surface area contributed by atoms with Crippen LogP contribution >= 0.6 is 0 Å². The molecule has 1 fully saturated rings. The first-order chi connectivity index (χ1) is 9.96. The van der Waals surface area contributed by atoms with Gasteiger partial charge in [0.2, 0.25) is 10.0 Å². The zero-order chi connectivity index (χ0) is 15.5. The van der Waals surface area contributed by atoms with Crippen molar-refractivity contribution in [3.63, 3.8) is 0 Å². The smallest absolute Gasteiger partial charge is 0.337 e. The highest BCUT2D eigenvalue weighted by Crippen LogP contribution is 2.21. The fourth-order valence-electron chi connectivity index (χ4n) is 2.43. The van der Waals surface area contributed by atoms with Gasteiger partial charge in [0.25, 0.3) is 0 Å². The second kappa shape index (κ2) is 6.55. The van der Waals surface area contributed by atoms with E-state index >= 15 is 0 Å². The Bertz CT molecular complexity index is 609. The molecule has 0 radical (unpaired) electrons. The minimum absolute atomic E-state index is 0.0157. The van der Waals surface area contributed by atoms with Crippen molar-refractivity contribution in [1.82, 2.24) is 9.62 Å². The Balaban J connectivity index is 2.28. The summed E-state index contributed by atoms with van der Waals surface area (Å²) in [6, 6.07) is 5.93. The first-order valence-corrected chi connectivity index (χ1v) is 8.28. The molecule has 6 nitrogen and oxygen atoms in total. The molecule has 1 aliphatic heterocycles. The summed E-state index contributed by atoms with van der Waals surface area (Å²) >= 11 is 0. The molecule has 0 aliphatic carbocycles. The van der Waals surface area contributed by atoms with Gasteiger partial charge in [-0.25, -0.2) is 13.2 Å². The predicted molar refractivity (Wildman–Crippen MR) is 78.6 cm³/mol. The largest absolute Gasteiger partial charge is 0.465 e. The summed E-state index contributed by atoms with van der Waals surface area (Å²) in [7, 11) is -0.743. The SMILES string of the molecule is COC(=O)c1cccc(S(=O)(=O)N(C)C2CCNCC2)c1. The monoisotopic (exact) mass is 312 g/mol. The van der Waals surface area contributed by atoms with E-state index in [2.05, 4.69) is 10.1 Å². The van der Waals surface area contributed by atoms with Crippen LogP contribution in [-0.2, 0) is 14.8 Å². The number of piperidine rings is 1. The molecular weight excluding hydrogens is 292 g/mol. The number of benzene rings is 1. The molecule has 2 rings (SSSR count). The molecule has 1 heterocycles. The van der Waals surface area contributed by atoms with Gasteiger partial charge in [0.05, 0.1) is 17.6 Å². The summed E-state index contributed by atoms with van der Waals surface area (Å²) in [5, 5.41) is 3.21. The Kier molecular flexibility index (Phi) is 4.97. The zero-order valence-electron chi connectivity index (χ0n) is 12.2. The Morgan fingerprint density at radius 3 is 2.62 bits per heavy atom. The number of rotatable bonds is 4. The van der Waals surface area contributed by atoms with E-state index in [0.29, 0.717) is 0 Å². The minimum atomic E-state index is -3.61. The molecular formula is C14H20N2O4S. The van der Waals surface area contributed by atoms with E-state index in [-0.39, 0.29) is 16.5 Å². The van der Waals surface area contributed by atoms with E-state index in [9.17, 15) is 13.2 Å². The van der Waals surface area contributed by atoms with Crippen molar-refractivity contribution in [3.05, 3.63) is 29.8 Å². The fourth-order valence-corrected chi connectivity index (χ4v) is 3.90. The van der Waals surface area contributed by atoms with Crippen molar-refractivity contribution in [2.75, 3.05) is 27.2 Å². The number of hydrogen-bond donors (Lipinski definition) is 1. The lowest BCUT2D eigenvalue weighted by Gasteiger charge is -2.30. The third kappa shape index (κ3) is 3.42.